The third-order valence-corrected chi connectivity index (χ3v) is 3.50. The highest BCUT2D eigenvalue weighted by Crippen LogP contribution is 2.09. The van der Waals surface area contributed by atoms with Crippen LogP contribution >= 0.6 is 9.24 Å². The smallest absolute Gasteiger partial charge is 0.00156 e. The van der Waals surface area contributed by atoms with E-state index in [0.717, 1.165) is 0 Å². The molecule has 1 atom stereocenters. The molecule has 2 rings (SSSR count). The summed E-state index contributed by atoms with van der Waals surface area (Å²) in [5.74, 6) is 0. The van der Waals surface area contributed by atoms with Gasteiger partial charge in [-0.05, 0) is 56.2 Å². The van der Waals surface area contributed by atoms with Gasteiger partial charge in [0.2, 0.25) is 0 Å². The highest BCUT2D eigenvalue weighted by Gasteiger charge is 2.10. The maximum atomic E-state index is 2.73. The summed E-state index contributed by atoms with van der Waals surface area (Å²) in [6.07, 6.45) is 5.33. The van der Waals surface area contributed by atoms with Crippen LogP contribution in [0.2, 0.25) is 0 Å². The topological polar surface area (TPSA) is 3.24 Å². The Kier molecular flexibility index (Phi) is 4.17. The van der Waals surface area contributed by atoms with E-state index in [2.05, 4.69) is 38.4 Å². The molecule has 0 N–H and O–H groups in total. The van der Waals surface area contributed by atoms with Crippen molar-refractivity contribution >= 4 is 14.5 Å². The fraction of sp³-hybridized carbons (Fsp3) is 0.538. The van der Waals surface area contributed by atoms with Gasteiger partial charge in [-0.2, -0.15) is 0 Å². The summed E-state index contributed by atoms with van der Waals surface area (Å²) in [6, 6.07) is 8.84. The maximum absolute atomic E-state index is 2.73. The molecular weight excluding hydrogens is 201 g/mol. The second kappa shape index (κ2) is 5.63. The van der Waals surface area contributed by atoms with Crippen LogP contribution in [-0.4, -0.2) is 24.5 Å². The van der Waals surface area contributed by atoms with E-state index in [9.17, 15) is 0 Å². The van der Waals surface area contributed by atoms with Crippen molar-refractivity contribution in [2.45, 2.75) is 25.7 Å². The molecule has 1 aromatic rings. The normalized spacial score (nSPS) is 17.1. The summed E-state index contributed by atoms with van der Waals surface area (Å²) in [4.78, 5) is 2.59. The van der Waals surface area contributed by atoms with Crippen molar-refractivity contribution < 1.29 is 0 Å². The van der Waals surface area contributed by atoms with Gasteiger partial charge in [0.25, 0.3) is 0 Å². The van der Waals surface area contributed by atoms with Crippen LogP contribution in [0.4, 0.5) is 0 Å². The third kappa shape index (κ3) is 3.59. The van der Waals surface area contributed by atoms with E-state index in [0.29, 0.717) is 0 Å². The first kappa shape index (κ1) is 11.1. The summed E-state index contributed by atoms with van der Waals surface area (Å²) < 4.78 is 0. The zero-order valence-electron chi connectivity index (χ0n) is 9.28. The summed E-state index contributed by atoms with van der Waals surface area (Å²) in [5, 5.41) is 1.28. The van der Waals surface area contributed by atoms with E-state index in [1.165, 1.54) is 56.2 Å². The number of nitrogens with zero attached hydrogens (tertiary/aromatic N) is 1. The molecule has 1 nitrogen and oxygen atoms in total. The van der Waals surface area contributed by atoms with E-state index in [-0.39, 0.29) is 0 Å². The van der Waals surface area contributed by atoms with Crippen LogP contribution in [0.25, 0.3) is 0 Å². The van der Waals surface area contributed by atoms with Crippen LogP contribution in [0.15, 0.2) is 24.3 Å². The van der Waals surface area contributed by atoms with Gasteiger partial charge < -0.3 is 4.90 Å². The van der Waals surface area contributed by atoms with Crippen molar-refractivity contribution in [2.75, 3.05) is 19.6 Å². The van der Waals surface area contributed by atoms with Crippen LogP contribution in [0.5, 0.6) is 0 Å². The SMILES string of the molecule is Pc1ccc(CCCN2CCCC2)cc1. The first-order chi connectivity index (χ1) is 7.34. The molecule has 0 bridgehead atoms. The highest BCUT2D eigenvalue weighted by atomic mass is 31.0. The monoisotopic (exact) mass is 221 g/mol. The van der Waals surface area contributed by atoms with Crippen molar-refractivity contribution in [1.29, 1.82) is 0 Å². The fourth-order valence-corrected chi connectivity index (χ4v) is 2.39. The summed E-state index contributed by atoms with van der Waals surface area (Å²) in [7, 11) is 2.73. The summed E-state index contributed by atoms with van der Waals surface area (Å²) >= 11 is 0. The largest absolute Gasteiger partial charge is 0.303 e. The van der Waals surface area contributed by atoms with E-state index in [1.54, 1.807) is 0 Å². The predicted octanol–water partition coefficient (Wildman–Crippen LogP) is 2.22. The molecule has 2 heteroatoms. The second-order valence-electron chi connectivity index (χ2n) is 4.39. The molecule has 0 spiro atoms. The Hall–Kier alpha value is -0.390. The Labute approximate surface area is 95.1 Å². The van der Waals surface area contributed by atoms with Crippen LogP contribution in [0, 0.1) is 0 Å². The summed E-state index contributed by atoms with van der Waals surface area (Å²) in [6.45, 7) is 3.93. The molecule has 1 aliphatic rings. The van der Waals surface area contributed by atoms with Gasteiger partial charge in [0, 0.05) is 0 Å². The molecule has 1 unspecified atom stereocenters. The lowest BCUT2D eigenvalue weighted by molar-refractivity contribution is 0.334. The van der Waals surface area contributed by atoms with Gasteiger partial charge in [-0.1, -0.05) is 24.3 Å². The number of rotatable bonds is 4. The number of hydrogen-bond acceptors (Lipinski definition) is 1. The Morgan fingerprint density at radius 2 is 1.73 bits per heavy atom. The minimum atomic E-state index is 1.22. The Balaban J connectivity index is 1.71. The van der Waals surface area contributed by atoms with Gasteiger partial charge >= 0.3 is 0 Å². The molecule has 1 aromatic carbocycles. The molecule has 1 aliphatic heterocycles. The van der Waals surface area contributed by atoms with Gasteiger partial charge in [0.1, 0.15) is 0 Å². The molecule has 1 saturated heterocycles. The van der Waals surface area contributed by atoms with E-state index in [4.69, 9.17) is 0 Å². The van der Waals surface area contributed by atoms with Gasteiger partial charge in [-0.25, -0.2) is 0 Å². The lowest BCUT2D eigenvalue weighted by atomic mass is 10.1. The molecular formula is C13H20NP. The molecule has 0 radical (unpaired) electrons. The first-order valence-corrected chi connectivity index (χ1v) is 6.49. The van der Waals surface area contributed by atoms with Gasteiger partial charge in [-0.15, -0.1) is 9.24 Å². The molecule has 0 aromatic heterocycles. The van der Waals surface area contributed by atoms with Crippen LogP contribution in [-0.2, 0) is 6.42 Å². The van der Waals surface area contributed by atoms with Crippen molar-refractivity contribution in [3.8, 4) is 0 Å². The Bertz CT molecular complexity index is 288. The Morgan fingerprint density at radius 3 is 2.40 bits per heavy atom. The third-order valence-electron chi connectivity index (χ3n) is 3.12. The standard InChI is InChI=1S/C13H20NP/c15-13-7-5-12(6-8-13)4-3-11-14-9-1-2-10-14/h5-8H,1-4,9-11,15H2. The van der Waals surface area contributed by atoms with Crippen LogP contribution in [0.3, 0.4) is 0 Å². The van der Waals surface area contributed by atoms with Crippen molar-refractivity contribution in [1.82, 2.24) is 4.90 Å². The average molecular weight is 221 g/mol. The van der Waals surface area contributed by atoms with Crippen LogP contribution in [0.1, 0.15) is 24.8 Å². The first-order valence-electron chi connectivity index (χ1n) is 5.91. The zero-order chi connectivity index (χ0) is 10.5. The molecule has 0 saturated carbocycles. The fourth-order valence-electron chi connectivity index (χ4n) is 2.20. The van der Waals surface area contributed by atoms with Crippen molar-refractivity contribution in [3.63, 3.8) is 0 Å². The number of benzene rings is 1. The van der Waals surface area contributed by atoms with E-state index in [1.807, 2.05) is 0 Å². The van der Waals surface area contributed by atoms with Crippen molar-refractivity contribution in [3.05, 3.63) is 29.8 Å². The van der Waals surface area contributed by atoms with Gasteiger partial charge in [-0.3, -0.25) is 0 Å². The minimum absolute atomic E-state index is 1.22. The lowest BCUT2D eigenvalue weighted by Crippen LogP contribution is -2.20. The van der Waals surface area contributed by atoms with E-state index >= 15 is 0 Å². The molecule has 82 valence electrons. The zero-order valence-corrected chi connectivity index (χ0v) is 10.4. The van der Waals surface area contributed by atoms with Crippen molar-refractivity contribution in [2.24, 2.45) is 0 Å². The quantitative estimate of drug-likeness (QED) is 0.705. The maximum Gasteiger partial charge on any atom is -0.00156 e. The van der Waals surface area contributed by atoms with Gasteiger partial charge in [0.15, 0.2) is 0 Å². The van der Waals surface area contributed by atoms with Gasteiger partial charge in [0.05, 0.1) is 0 Å². The number of aryl methyl sites for hydroxylation is 1. The molecule has 0 amide bonds. The number of hydrogen-bond donors (Lipinski definition) is 0. The molecule has 0 aliphatic carbocycles. The summed E-state index contributed by atoms with van der Waals surface area (Å²) in [5.41, 5.74) is 1.47. The molecule has 15 heavy (non-hydrogen) atoms. The molecule has 1 heterocycles. The second-order valence-corrected chi connectivity index (χ2v) is 5.06. The lowest BCUT2D eigenvalue weighted by Gasteiger charge is -2.13. The average Bonchev–Trinajstić information content (AvgIpc) is 2.74. The predicted molar refractivity (Wildman–Crippen MR) is 69.8 cm³/mol. The highest BCUT2D eigenvalue weighted by molar-refractivity contribution is 7.27. The Morgan fingerprint density at radius 1 is 1.07 bits per heavy atom. The van der Waals surface area contributed by atoms with Crippen LogP contribution < -0.4 is 5.30 Å². The molecule has 1 fully saturated rings. The van der Waals surface area contributed by atoms with E-state index < -0.39 is 0 Å². The number of likely N-dealkylation sites (tertiary alicyclic amines) is 1. The minimum Gasteiger partial charge on any atom is -0.303 e.